The first kappa shape index (κ1) is 15.0. The van der Waals surface area contributed by atoms with E-state index in [1.54, 1.807) is 13.8 Å². The molecule has 0 spiro atoms. The number of benzene rings is 1. The molecule has 0 aliphatic carbocycles. The van der Waals surface area contributed by atoms with Crippen molar-refractivity contribution in [1.29, 1.82) is 0 Å². The Labute approximate surface area is 109 Å². The van der Waals surface area contributed by atoms with E-state index in [0.29, 0.717) is 6.42 Å². The lowest BCUT2D eigenvalue weighted by molar-refractivity contribution is -0.385. The molecule has 7 heteroatoms. The largest absolute Gasteiger partial charge is 0.368 e. The monoisotopic (exact) mass is 269 g/mol. The van der Waals surface area contributed by atoms with Gasteiger partial charge in [0, 0.05) is 18.2 Å². The second-order valence-corrected chi connectivity index (χ2v) is 4.44. The van der Waals surface area contributed by atoms with E-state index in [9.17, 15) is 19.3 Å². The maximum atomic E-state index is 13.6. The molecule has 1 aromatic rings. The minimum atomic E-state index is -0.936. The number of nitro groups is 1. The smallest absolute Gasteiger partial charge is 0.272 e. The van der Waals surface area contributed by atoms with Crippen molar-refractivity contribution < 1.29 is 14.1 Å². The maximum absolute atomic E-state index is 13.6. The number of halogens is 1. The normalized spacial score (nSPS) is 13.8. The van der Waals surface area contributed by atoms with Crippen molar-refractivity contribution in [2.75, 3.05) is 0 Å². The summed E-state index contributed by atoms with van der Waals surface area (Å²) in [6.45, 7) is 3.47. The number of primary amides is 1. The summed E-state index contributed by atoms with van der Waals surface area (Å²) >= 11 is 0. The van der Waals surface area contributed by atoms with Gasteiger partial charge in [0.15, 0.2) is 0 Å². The molecule has 0 aliphatic rings. The molecular weight excluding hydrogens is 253 g/mol. The van der Waals surface area contributed by atoms with Crippen LogP contribution in [0, 0.1) is 15.9 Å². The Hall–Kier alpha value is -2.02. The second kappa shape index (κ2) is 5.75. The van der Waals surface area contributed by atoms with Crippen LogP contribution in [0.25, 0.3) is 0 Å². The van der Waals surface area contributed by atoms with Crippen molar-refractivity contribution in [3.8, 4) is 0 Å². The van der Waals surface area contributed by atoms with Gasteiger partial charge in [-0.25, -0.2) is 4.39 Å². The lowest BCUT2D eigenvalue weighted by atomic mass is 9.97. The van der Waals surface area contributed by atoms with Crippen LogP contribution in [0.1, 0.15) is 25.8 Å². The fourth-order valence-corrected chi connectivity index (χ4v) is 1.47. The van der Waals surface area contributed by atoms with Gasteiger partial charge in [0.25, 0.3) is 5.69 Å². The highest BCUT2D eigenvalue weighted by Gasteiger charge is 2.28. The Bertz CT molecular complexity index is 507. The summed E-state index contributed by atoms with van der Waals surface area (Å²) in [6, 6.07) is 3.38. The van der Waals surface area contributed by atoms with E-state index in [0.717, 1.165) is 6.07 Å². The predicted molar refractivity (Wildman–Crippen MR) is 67.8 cm³/mol. The van der Waals surface area contributed by atoms with Gasteiger partial charge in [-0.1, -0.05) is 6.92 Å². The van der Waals surface area contributed by atoms with Gasteiger partial charge in [0.2, 0.25) is 5.91 Å². The molecule has 0 fully saturated rings. The average Bonchev–Trinajstić information content (AvgIpc) is 2.36. The third-order valence-corrected chi connectivity index (χ3v) is 3.17. The van der Waals surface area contributed by atoms with Gasteiger partial charge in [0.1, 0.15) is 5.82 Å². The molecule has 0 bridgehead atoms. The van der Waals surface area contributed by atoms with Gasteiger partial charge in [0.05, 0.1) is 16.5 Å². The molecule has 0 unspecified atom stereocenters. The summed E-state index contributed by atoms with van der Waals surface area (Å²) in [6.07, 6.45) is 0.455. The van der Waals surface area contributed by atoms with Gasteiger partial charge >= 0.3 is 0 Å². The number of non-ortho nitro benzene ring substituents is 1. The molecule has 1 rings (SSSR count). The number of amides is 1. The van der Waals surface area contributed by atoms with Crippen molar-refractivity contribution in [1.82, 2.24) is 5.32 Å². The van der Waals surface area contributed by atoms with Crippen LogP contribution in [0.5, 0.6) is 0 Å². The SMILES string of the molecule is CC[C@](C)(NCc1ccc([N+](=O)[O-])cc1F)C(N)=O. The fourth-order valence-electron chi connectivity index (χ4n) is 1.47. The van der Waals surface area contributed by atoms with Crippen molar-refractivity contribution >= 4 is 11.6 Å². The van der Waals surface area contributed by atoms with E-state index < -0.39 is 22.2 Å². The van der Waals surface area contributed by atoms with Crippen LogP contribution in [0.2, 0.25) is 0 Å². The van der Waals surface area contributed by atoms with Crippen molar-refractivity contribution in [3.05, 3.63) is 39.7 Å². The molecule has 1 aromatic carbocycles. The summed E-state index contributed by atoms with van der Waals surface area (Å²) in [5.74, 6) is -1.22. The van der Waals surface area contributed by atoms with Crippen LogP contribution in [0.4, 0.5) is 10.1 Å². The first-order valence-electron chi connectivity index (χ1n) is 5.78. The summed E-state index contributed by atoms with van der Waals surface area (Å²) in [5.41, 5.74) is 4.26. The molecule has 0 aromatic heterocycles. The van der Waals surface area contributed by atoms with Gasteiger partial charge in [-0.2, -0.15) is 0 Å². The number of hydrogen-bond donors (Lipinski definition) is 2. The molecule has 3 N–H and O–H groups in total. The lowest BCUT2D eigenvalue weighted by Crippen LogP contribution is -2.52. The molecule has 0 aliphatic heterocycles. The van der Waals surface area contributed by atoms with Crippen LogP contribution < -0.4 is 11.1 Å². The average molecular weight is 269 g/mol. The first-order valence-corrected chi connectivity index (χ1v) is 5.78. The van der Waals surface area contributed by atoms with E-state index in [-0.39, 0.29) is 17.8 Å². The molecule has 0 heterocycles. The molecule has 1 amide bonds. The van der Waals surface area contributed by atoms with Crippen LogP contribution in [0.15, 0.2) is 18.2 Å². The van der Waals surface area contributed by atoms with E-state index in [2.05, 4.69) is 5.32 Å². The minimum Gasteiger partial charge on any atom is -0.368 e. The fraction of sp³-hybridized carbons (Fsp3) is 0.417. The zero-order chi connectivity index (χ0) is 14.6. The standard InChI is InChI=1S/C12H16FN3O3/c1-3-12(2,11(14)17)15-7-8-4-5-9(16(18)19)6-10(8)13/h4-6,15H,3,7H2,1-2H3,(H2,14,17)/t12-/m0/s1. The number of carbonyl (C=O) groups is 1. The molecule has 1 atom stereocenters. The lowest BCUT2D eigenvalue weighted by Gasteiger charge is -2.26. The zero-order valence-corrected chi connectivity index (χ0v) is 10.8. The molecule has 0 saturated heterocycles. The van der Waals surface area contributed by atoms with Crippen LogP contribution >= 0.6 is 0 Å². The summed E-state index contributed by atoms with van der Waals surface area (Å²) in [5, 5.41) is 13.3. The van der Waals surface area contributed by atoms with Crippen LogP contribution in [-0.4, -0.2) is 16.4 Å². The van der Waals surface area contributed by atoms with E-state index in [1.165, 1.54) is 12.1 Å². The van der Waals surface area contributed by atoms with Crippen molar-refractivity contribution in [3.63, 3.8) is 0 Å². The highest BCUT2D eigenvalue weighted by atomic mass is 19.1. The van der Waals surface area contributed by atoms with Crippen LogP contribution in [-0.2, 0) is 11.3 Å². The van der Waals surface area contributed by atoms with E-state index in [1.807, 2.05) is 0 Å². The number of hydrogen-bond acceptors (Lipinski definition) is 4. The zero-order valence-electron chi connectivity index (χ0n) is 10.8. The molecule has 19 heavy (non-hydrogen) atoms. The second-order valence-electron chi connectivity index (χ2n) is 4.44. The van der Waals surface area contributed by atoms with Gasteiger partial charge in [-0.3, -0.25) is 20.2 Å². The quantitative estimate of drug-likeness (QED) is 0.603. The minimum absolute atomic E-state index is 0.0666. The third-order valence-electron chi connectivity index (χ3n) is 3.17. The maximum Gasteiger partial charge on any atom is 0.272 e. The Morgan fingerprint density at radius 2 is 2.21 bits per heavy atom. The predicted octanol–water partition coefficient (Wildman–Crippen LogP) is 1.48. The van der Waals surface area contributed by atoms with Crippen molar-refractivity contribution in [2.24, 2.45) is 5.73 Å². The number of nitrogens with one attached hydrogen (secondary N) is 1. The van der Waals surface area contributed by atoms with E-state index >= 15 is 0 Å². The molecule has 6 nitrogen and oxygen atoms in total. The Kier molecular flexibility index (Phi) is 4.55. The van der Waals surface area contributed by atoms with Gasteiger partial charge in [-0.15, -0.1) is 0 Å². The third kappa shape index (κ3) is 3.47. The molecular formula is C12H16FN3O3. The molecule has 0 radical (unpaired) electrons. The number of nitrogens with two attached hydrogens (primary N) is 1. The number of carbonyl (C=O) groups excluding carboxylic acids is 1. The Morgan fingerprint density at radius 1 is 1.58 bits per heavy atom. The first-order chi connectivity index (χ1) is 8.80. The Balaban J connectivity index is 2.84. The summed E-state index contributed by atoms with van der Waals surface area (Å²) in [4.78, 5) is 21.1. The summed E-state index contributed by atoms with van der Waals surface area (Å²) < 4.78 is 13.6. The molecule has 0 saturated carbocycles. The Morgan fingerprint density at radius 3 is 2.63 bits per heavy atom. The topological polar surface area (TPSA) is 98.3 Å². The van der Waals surface area contributed by atoms with E-state index in [4.69, 9.17) is 5.73 Å². The molecule has 104 valence electrons. The van der Waals surface area contributed by atoms with Gasteiger partial charge < -0.3 is 5.73 Å². The van der Waals surface area contributed by atoms with Gasteiger partial charge in [-0.05, 0) is 19.4 Å². The number of nitrogens with zero attached hydrogens (tertiary/aromatic N) is 1. The summed E-state index contributed by atoms with van der Waals surface area (Å²) in [7, 11) is 0. The highest BCUT2D eigenvalue weighted by molar-refractivity contribution is 5.84. The van der Waals surface area contributed by atoms with Crippen molar-refractivity contribution in [2.45, 2.75) is 32.4 Å². The van der Waals surface area contributed by atoms with Crippen LogP contribution in [0.3, 0.4) is 0 Å². The number of rotatable bonds is 6. The highest BCUT2D eigenvalue weighted by Crippen LogP contribution is 2.17. The number of nitro benzene ring substituents is 1.